The van der Waals surface area contributed by atoms with E-state index in [-0.39, 0.29) is 5.78 Å². The average Bonchev–Trinajstić information content (AvgIpc) is 2.28. The van der Waals surface area contributed by atoms with Crippen molar-refractivity contribution in [2.24, 2.45) is 5.41 Å². The van der Waals surface area contributed by atoms with Crippen molar-refractivity contribution < 1.29 is 9.53 Å². The third-order valence-corrected chi connectivity index (χ3v) is 3.66. The van der Waals surface area contributed by atoms with Crippen molar-refractivity contribution in [1.29, 1.82) is 0 Å². The van der Waals surface area contributed by atoms with Crippen LogP contribution in [0, 0.1) is 5.41 Å². The van der Waals surface area contributed by atoms with E-state index in [1.807, 2.05) is 51.1 Å². The summed E-state index contributed by atoms with van der Waals surface area (Å²) >= 11 is 0. The van der Waals surface area contributed by atoms with Crippen molar-refractivity contribution >= 4 is 5.78 Å². The lowest BCUT2D eigenvalue weighted by molar-refractivity contribution is -0.144. The van der Waals surface area contributed by atoms with E-state index in [4.69, 9.17) is 4.74 Å². The molecule has 1 atom stereocenters. The molecule has 1 aliphatic heterocycles. The zero-order valence-electron chi connectivity index (χ0n) is 9.86. The third kappa shape index (κ3) is 1.37. The summed E-state index contributed by atoms with van der Waals surface area (Å²) < 4.78 is 5.74. The second-order valence-corrected chi connectivity index (χ2v) is 4.81. The number of benzene rings is 1. The van der Waals surface area contributed by atoms with E-state index in [0.717, 1.165) is 5.56 Å². The highest BCUT2D eigenvalue weighted by Gasteiger charge is 2.50. The summed E-state index contributed by atoms with van der Waals surface area (Å²) in [5, 5.41) is 0. The predicted molar refractivity (Wildman–Crippen MR) is 62.8 cm³/mol. The van der Waals surface area contributed by atoms with Crippen LogP contribution >= 0.6 is 0 Å². The SMILES string of the molecule is CC1(C)C(=O)C=CO[C@@]1(C)c1ccccc1. The van der Waals surface area contributed by atoms with Crippen LogP contribution in [-0.2, 0) is 15.1 Å². The van der Waals surface area contributed by atoms with Crippen LogP contribution in [0.15, 0.2) is 42.7 Å². The van der Waals surface area contributed by atoms with Gasteiger partial charge in [-0.05, 0) is 26.3 Å². The van der Waals surface area contributed by atoms with Crippen molar-refractivity contribution in [3.63, 3.8) is 0 Å². The Labute approximate surface area is 95.9 Å². The van der Waals surface area contributed by atoms with Gasteiger partial charge in [-0.15, -0.1) is 0 Å². The molecule has 1 aliphatic rings. The molecule has 0 radical (unpaired) electrons. The van der Waals surface area contributed by atoms with Crippen molar-refractivity contribution in [2.45, 2.75) is 26.4 Å². The van der Waals surface area contributed by atoms with Crippen LogP contribution in [0.3, 0.4) is 0 Å². The lowest BCUT2D eigenvalue weighted by Gasteiger charge is -2.44. The van der Waals surface area contributed by atoms with Gasteiger partial charge in [0.1, 0.15) is 5.60 Å². The minimum absolute atomic E-state index is 0.102. The summed E-state index contributed by atoms with van der Waals surface area (Å²) in [7, 11) is 0. The summed E-state index contributed by atoms with van der Waals surface area (Å²) in [4.78, 5) is 11.9. The van der Waals surface area contributed by atoms with Gasteiger partial charge in [0, 0.05) is 6.08 Å². The van der Waals surface area contributed by atoms with Crippen LogP contribution in [0.2, 0.25) is 0 Å². The number of rotatable bonds is 1. The maximum atomic E-state index is 11.9. The Hall–Kier alpha value is -1.57. The Bertz CT molecular complexity index is 431. The molecule has 0 unspecified atom stereocenters. The highest BCUT2D eigenvalue weighted by Crippen LogP contribution is 2.45. The van der Waals surface area contributed by atoms with Crippen molar-refractivity contribution in [1.82, 2.24) is 0 Å². The second-order valence-electron chi connectivity index (χ2n) is 4.81. The molecule has 0 saturated carbocycles. The summed E-state index contributed by atoms with van der Waals surface area (Å²) in [6, 6.07) is 9.87. The van der Waals surface area contributed by atoms with E-state index < -0.39 is 11.0 Å². The van der Waals surface area contributed by atoms with Crippen molar-refractivity contribution in [3.05, 3.63) is 48.2 Å². The standard InChI is InChI=1S/C14H16O2/c1-13(2)12(15)9-10-16-14(13,3)11-7-5-4-6-8-11/h4-10H,1-3H3/t14-/m0/s1. The smallest absolute Gasteiger partial charge is 0.168 e. The third-order valence-electron chi connectivity index (χ3n) is 3.66. The summed E-state index contributed by atoms with van der Waals surface area (Å²) in [5.41, 5.74) is -0.124. The minimum atomic E-state index is -0.597. The largest absolute Gasteiger partial charge is 0.489 e. The summed E-state index contributed by atoms with van der Waals surface area (Å²) in [6.07, 6.45) is 3.01. The van der Waals surface area contributed by atoms with Crippen LogP contribution in [0.5, 0.6) is 0 Å². The quantitative estimate of drug-likeness (QED) is 0.721. The average molecular weight is 216 g/mol. The first kappa shape index (κ1) is 10.9. The first-order valence-corrected chi connectivity index (χ1v) is 5.43. The van der Waals surface area contributed by atoms with Crippen molar-refractivity contribution in [2.75, 3.05) is 0 Å². The second kappa shape index (κ2) is 3.48. The van der Waals surface area contributed by atoms with Crippen LogP contribution < -0.4 is 0 Å². The molecule has 2 rings (SSSR count). The Morgan fingerprint density at radius 2 is 1.69 bits per heavy atom. The molecular weight excluding hydrogens is 200 g/mol. The number of carbonyl (C=O) groups excluding carboxylic acids is 1. The molecule has 0 fully saturated rings. The number of hydrogen-bond acceptors (Lipinski definition) is 2. The van der Waals surface area contributed by atoms with E-state index in [1.54, 1.807) is 0 Å². The van der Waals surface area contributed by atoms with Crippen LogP contribution in [0.4, 0.5) is 0 Å². The number of hydrogen-bond donors (Lipinski definition) is 0. The zero-order chi connectivity index (χ0) is 11.8. The highest BCUT2D eigenvalue weighted by atomic mass is 16.5. The van der Waals surface area contributed by atoms with Gasteiger partial charge < -0.3 is 4.74 Å². The molecule has 0 N–H and O–H groups in total. The molecule has 1 aromatic rings. The molecule has 84 valence electrons. The van der Waals surface area contributed by atoms with Gasteiger partial charge in [-0.2, -0.15) is 0 Å². The van der Waals surface area contributed by atoms with E-state index in [1.165, 1.54) is 12.3 Å². The zero-order valence-corrected chi connectivity index (χ0v) is 9.86. The summed E-state index contributed by atoms with van der Waals surface area (Å²) in [5.74, 6) is 0.102. The molecule has 0 amide bonds. The van der Waals surface area contributed by atoms with Gasteiger partial charge >= 0.3 is 0 Å². The molecular formula is C14H16O2. The molecule has 2 heteroatoms. The number of allylic oxidation sites excluding steroid dienone is 1. The normalized spacial score (nSPS) is 27.6. The lowest BCUT2D eigenvalue weighted by atomic mass is 9.68. The maximum absolute atomic E-state index is 11.9. The number of carbonyl (C=O) groups is 1. The topological polar surface area (TPSA) is 26.3 Å². The van der Waals surface area contributed by atoms with E-state index >= 15 is 0 Å². The van der Waals surface area contributed by atoms with Crippen LogP contribution in [-0.4, -0.2) is 5.78 Å². The van der Waals surface area contributed by atoms with Gasteiger partial charge in [0.15, 0.2) is 5.78 Å². The Balaban J connectivity index is 2.54. The molecule has 0 aliphatic carbocycles. The van der Waals surface area contributed by atoms with E-state index in [0.29, 0.717) is 0 Å². The maximum Gasteiger partial charge on any atom is 0.168 e. The molecule has 1 heterocycles. The lowest BCUT2D eigenvalue weighted by Crippen LogP contribution is -2.47. The molecule has 1 aromatic carbocycles. The first-order chi connectivity index (χ1) is 7.48. The van der Waals surface area contributed by atoms with Gasteiger partial charge in [-0.1, -0.05) is 30.3 Å². The van der Waals surface area contributed by atoms with E-state index in [9.17, 15) is 4.79 Å². The van der Waals surface area contributed by atoms with Crippen LogP contribution in [0.25, 0.3) is 0 Å². The van der Waals surface area contributed by atoms with Gasteiger partial charge in [0.2, 0.25) is 0 Å². The van der Waals surface area contributed by atoms with Gasteiger partial charge in [0.25, 0.3) is 0 Å². The molecule has 0 bridgehead atoms. The highest BCUT2D eigenvalue weighted by molar-refractivity contribution is 5.95. The number of ether oxygens (including phenoxy) is 1. The number of ketones is 1. The molecule has 0 spiro atoms. The minimum Gasteiger partial charge on any atom is -0.489 e. The fourth-order valence-electron chi connectivity index (χ4n) is 2.01. The molecule has 16 heavy (non-hydrogen) atoms. The van der Waals surface area contributed by atoms with Crippen molar-refractivity contribution in [3.8, 4) is 0 Å². The monoisotopic (exact) mass is 216 g/mol. The predicted octanol–water partition coefficient (Wildman–Crippen LogP) is 3.04. The molecule has 2 nitrogen and oxygen atoms in total. The first-order valence-electron chi connectivity index (χ1n) is 5.43. The van der Waals surface area contributed by atoms with Gasteiger partial charge in [0.05, 0.1) is 11.7 Å². The molecule has 0 saturated heterocycles. The van der Waals surface area contributed by atoms with Gasteiger partial charge in [-0.3, -0.25) is 4.79 Å². The van der Waals surface area contributed by atoms with Crippen LogP contribution in [0.1, 0.15) is 26.3 Å². The Morgan fingerprint density at radius 3 is 2.31 bits per heavy atom. The summed E-state index contributed by atoms with van der Waals surface area (Å²) in [6.45, 7) is 5.81. The van der Waals surface area contributed by atoms with E-state index in [2.05, 4.69) is 0 Å². The Kier molecular flexibility index (Phi) is 2.38. The molecule has 0 aromatic heterocycles. The fourth-order valence-corrected chi connectivity index (χ4v) is 2.01. The fraction of sp³-hybridized carbons (Fsp3) is 0.357. The van der Waals surface area contributed by atoms with Gasteiger partial charge in [-0.25, -0.2) is 0 Å². The Morgan fingerprint density at radius 1 is 1.06 bits per heavy atom.